The second-order valence-electron chi connectivity index (χ2n) is 6.84. The van der Waals surface area contributed by atoms with Crippen molar-refractivity contribution in [3.63, 3.8) is 0 Å². The molecule has 1 nitrogen and oxygen atoms in total. The molecule has 0 radical (unpaired) electrons. The van der Waals surface area contributed by atoms with Gasteiger partial charge in [0.05, 0.1) is 0 Å². The van der Waals surface area contributed by atoms with E-state index in [4.69, 9.17) is 0 Å². The Morgan fingerprint density at radius 2 is 1.65 bits per heavy atom. The van der Waals surface area contributed by atoms with Crippen molar-refractivity contribution in [2.75, 3.05) is 0 Å². The predicted molar refractivity (Wildman–Crippen MR) is 90.2 cm³/mol. The van der Waals surface area contributed by atoms with Crippen LogP contribution in [0.3, 0.4) is 0 Å². The van der Waals surface area contributed by atoms with Gasteiger partial charge >= 0.3 is 0 Å². The molecule has 1 fully saturated rings. The second kappa shape index (κ2) is 7.51. The minimum Gasteiger partial charge on any atom is -0.310 e. The third-order valence-corrected chi connectivity index (χ3v) is 5.34. The van der Waals surface area contributed by atoms with Gasteiger partial charge in [-0.3, -0.25) is 0 Å². The van der Waals surface area contributed by atoms with Gasteiger partial charge < -0.3 is 5.32 Å². The Balaban J connectivity index is 1.87. The smallest absolute Gasteiger partial charge is 0.0207 e. The van der Waals surface area contributed by atoms with Crippen molar-refractivity contribution in [3.8, 4) is 0 Å². The summed E-state index contributed by atoms with van der Waals surface area (Å²) in [6.45, 7) is 10.2. The molecule has 0 bridgehead atoms. The standard InChI is InChI=1S/C18H29NS/c1-13(2)19-12-16-5-7-17(8-6-16)20-18-10-14(3)9-15(4)11-18/h5-8,13-15,18-19H,9-12H2,1-4H3. The van der Waals surface area contributed by atoms with Crippen LogP contribution in [0, 0.1) is 11.8 Å². The van der Waals surface area contributed by atoms with E-state index in [2.05, 4.69) is 69.0 Å². The highest BCUT2D eigenvalue weighted by Crippen LogP contribution is 2.38. The molecular formula is C18H29NS. The van der Waals surface area contributed by atoms with E-state index in [1.54, 1.807) is 0 Å². The molecule has 1 N–H and O–H groups in total. The summed E-state index contributed by atoms with van der Waals surface area (Å²) >= 11 is 2.08. The Bertz CT molecular complexity index is 388. The van der Waals surface area contributed by atoms with E-state index < -0.39 is 0 Å². The first-order valence-corrected chi connectivity index (χ1v) is 8.90. The topological polar surface area (TPSA) is 12.0 Å². The predicted octanol–water partition coefficient (Wildman–Crippen LogP) is 5.10. The summed E-state index contributed by atoms with van der Waals surface area (Å²) in [5.41, 5.74) is 1.38. The second-order valence-corrected chi connectivity index (χ2v) is 8.21. The Hall–Kier alpha value is -0.470. The summed E-state index contributed by atoms with van der Waals surface area (Å²) in [7, 11) is 0. The maximum Gasteiger partial charge on any atom is 0.0207 e. The molecule has 1 saturated carbocycles. The fourth-order valence-corrected chi connectivity index (χ4v) is 4.70. The van der Waals surface area contributed by atoms with Crippen molar-refractivity contribution >= 4 is 11.8 Å². The number of benzene rings is 1. The quantitative estimate of drug-likeness (QED) is 0.810. The Morgan fingerprint density at radius 1 is 1.05 bits per heavy atom. The minimum atomic E-state index is 0.550. The molecule has 0 heterocycles. The lowest BCUT2D eigenvalue weighted by molar-refractivity contribution is 0.309. The van der Waals surface area contributed by atoms with Crippen molar-refractivity contribution in [3.05, 3.63) is 29.8 Å². The van der Waals surface area contributed by atoms with Gasteiger partial charge in [-0.05, 0) is 48.8 Å². The molecule has 1 aliphatic carbocycles. The highest BCUT2D eigenvalue weighted by Gasteiger charge is 2.24. The van der Waals surface area contributed by atoms with E-state index in [1.165, 1.54) is 29.7 Å². The number of rotatable bonds is 5. The van der Waals surface area contributed by atoms with Crippen molar-refractivity contribution in [2.45, 2.75) is 69.7 Å². The van der Waals surface area contributed by atoms with Gasteiger partial charge in [-0.1, -0.05) is 39.8 Å². The molecule has 0 amide bonds. The van der Waals surface area contributed by atoms with E-state index >= 15 is 0 Å². The molecule has 0 spiro atoms. The van der Waals surface area contributed by atoms with E-state index in [1.807, 2.05) is 0 Å². The van der Waals surface area contributed by atoms with E-state index in [-0.39, 0.29) is 0 Å². The van der Waals surface area contributed by atoms with E-state index in [0.29, 0.717) is 6.04 Å². The first-order valence-electron chi connectivity index (χ1n) is 8.02. The van der Waals surface area contributed by atoms with Crippen molar-refractivity contribution in [1.29, 1.82) is 0 Å². The normalized spacial score (nSPS) is 26.9. The van der Waals surface area contributed by atoms with Crippen LogP contribution >= 0.6 is 11.8 Å². The molecule has 2 rings (SSSR count). The third-order valence-electron chi connectivity index (χ3n) is 4.08. The molecule has 1 aliphatic rings. The number of nitrogens with one attached hydrogen (secondary N) is 1. The number of thioether (sulfide) groups is 1. The maximum absolute atomic E-state index is 3.47. The van der Waals surface area contributed by atoms with E-state index in [0.717, 1.165) is 23.6 Å². The first-order chi connectivity index (χ1) is 9.52. The zero-order valence-corrected chi connectivity index (χ0v) is 14.2. The van der Waals surface area contributed by atoms with Crippen LogP contribution in [0.15, 0.2) is 29.2 Å². The average molecular weight is 292 g/mol. The molecule has 2 heteroatoms. The number of hydrogen-bond acceptors (Lipinski definition) is 2. The van der Waals surface area contributed by atoms with Gasteiger partial charge in [0, 0.05) is 22.7 Å². The molecule has 1 aromatic carbocycles. The Labute approximate surface area is 128 Å². The minimum absolute atomic E-state index is 0.550. The number of hydrogen-bond donors (Lipinski definition) is 1. The molecule has 20 heavy (non-hydrogen) atoms. The molecular weight excluding hydrogens is 262 g/mol. The fourth-order valence-electron chi connectivity index (χ4n) is 3.17. The lowest BCUT2D eigenvalue weighted by atomic mass is 9.83. The summed E-state index contributed by atoms with van der Waals surface area (Å²) in [6.07, 6.45) is 4.17. The van der Waals surface area contributed by atoms with Gasteiger partial charge in [0.2, 0.25) is 0 Å². The van der Waals surface area contributed by atoms with Gasteiger partial charge in [-0.15, -0.1) is 11.8 Å². The molecule has 1 aromatic rings. The zero-order chi connectivity index (χ0) is 14.5. The van der Waals surface area contributed by atoms with Crippen molar-refractivity contribution < 1.29 is 0 Å². The average Bonchev–Trinajstić information content (AvgIpc) is 2.36. The third kappa shape index (κ3) is 5.14. The maximum atomic E-state index is 3.47. The Kier molecular flexibility index (Phi) is 5.98. The SMILES string of the molecule is CC1CC(C)CC(Sc2ccc(CNC(C)C)cc2)C1. The van der Waals surface area contributed by atoms with Gasteiger partial charge in [-0.25, -0.2) is 0 Å². The van der Waals surface area contributed by atoms with Crippen molar-refractivity contribution in [2.24, 2.45) is 11.8 Å². The van der Waals surface area contributed by atoms with Crippen molar-refractivity contribution in [1.82, 2.24) is 5.32 Å². The van der Waals surface area contributed by atoms with Crippen LogP contribution in [0.5, 0.6) is 0 Å². The molecule has 2 unspecified atom stereocenters. The fraction of sp³-hybridized carbons (Fsp3) is 0.667. The van der Waals surface area contributed by atoms with Crippen LogP contribution in [-0.2, 0) is 6.54 Å². The summed E-state index contributed by atoms with van der Waals surface area (Å²) in [4.78, 5) is 1.43. The van der Waals surface area contributed by atoms with Crippen LogP contribution in [0.25, 0.3) is 0 Å². The zero-order valence-electron chi connectivity index (χ0n) is 13.4. The molecule has 0 aliphatic heterocycles. The van der Waals surface area contributed by atoms with Gasteiger partial charge in [0.1, 0.15) is 0 Å². The van der Waals surface area contributed by atoms with Crippen LogP contribution < -0.4 is 5.32 Å². The summed E-state index contributed by atoms with van der Waals surface area (Å²) in [5.74, 6) is 1.79. The summed E-state index contributed by atoms with van der Waals surface area (Å²) in [6, 6.07) is 9.69. The monoisotopic (exact) mass is 291 g/mol. The van der Waals surface area contributed by atoms with Crippen LogP contribution in [-0.4, -0.2) is 11.3 Å². The lowest BCUT2D eigenvalue weighted by Gasteiger charge is -2.31. The van der Waals surface area contributed by atoms with Crippen LogP contribution in [0.2, 0.25) is 0 Å². The van der Waals surface area contributed by atoms with E-state index in [9.17, 15) is 0 Å². The molecule has 0 saturated heterocycles. The highest BCUT2D eigenvalue weighted by atomic mass is 32.2. The lowest BCUT2D eigenvalue weighted by Crippen LogP contribution is -2.22. The van der Waals surface area contributed by atoms with Crippen LogP contribution in [0.4, 0.5) is 0 Å². The largest absolute Gasteiger partial charge is 0.310 e. The van der Waals surface area contributed by atoms with Gasteiger partial charge in [-0.2, -0.15) is 0 Å². The van der Waals surface area contributed by atoms with Crippen LogP contribution in [0.1, 0.15) is 52.5 Å². The molecule has 2 atom stereocenters. The highest BCUT2D eigenvalue weighted by molar-refractivity contribution is 8.00. The molecule has 0 aromatic heterocycles. The van der Waals surface area contributed by atoms with Gasteiger partial charge in [0.25, 0.3) is 0 Å². The first kappa shape index (κ1) is 15.9. The summed E-state index contributed by atoms with van der Waals surface area (Å²) < 4.78 is 0. The Morgan fingerprint density at radius 3 is 2.20 bits per heavy atom. The summed E-state index contributed by atoms with van der Waals surface area (Å²) in [5, 5.41) is 4.28. The molecule has 112 valence electrons. The van der Waals surface area contributed by atoms with Gasteiger partial charge in [0.15, 0.2) is 0 Å².